The van der Waals surface area contributed by atoms with Crippen LogP contribution in [0.25, 0.3) is 0 Å². The second-order valence-electron chi connectivity index (χ2n) is 13.1. The first-order valence-electron chi connectivity index (χ1n) is 15.2. The van der Waals surface area contributed by atoms with Crippen molar-refractivity contribution in [3.63, 3.8) is 0 Å². The minimum absolute atomic E-state index is 0.136. The number of nitrogens with zero attached hydrogens (tertiary/aromatic N) is 1. The maximum absolute atomic E-state index is 15.1. The van der Waals surface area contributed by atoms with Crippen molar-refractivity contribution >= 4 is 21.7 Å². The number of hydrogen-bond acceptors (Lipinski definition) is 4. The highest BCUT2D eigenvalue weighted by Gasteiger charge is 2.73. The summed E-state index contributed by atoms with van der Waals surface area (Å²) in [7, 11) is -4.63. The maximum Gasteiger partial charge on any atom is 0.435 e. The highest BCUT2D eigenvalue weighted by Crippen LogP contribution is 2.59. The van der Waals surface area contributed by atoms with Crippen molar-refractivity contribution < 1.29 is 58.2 Å². The van der Waals surface area contributed by atoms with Crippen LogP contribution < -0.4 is 0 Å². The predicted molar refractivity (Wildman–Crippen MR) is 152 cm³/mol. The number of hydrogen-bond donors (Lipinski definition) is 1. The Bertz CT molecular complexity index is 1630. The lowest BCUT2D eigenvalue weighted by molar-refractivity contribution is -0.348. The fourth-order valence-electron chi connectivity index (χ4n) is 7.76. The van der Waals surface area contributed by atoms with Gasteiger partial charge >= 0.3 is 24.0 Å². The molecule has 47 heavy (non-hydrogen) atoms. The molecule has 1 amide bonds. The number of alkyl halides is 7. The normalized spacial score (nSPS) is 26.9. The first-order valence-corrected chi connectivity index (χ1v) is 16.7. The average molecular weight is 696 g/mol. The second-order valence-corrected chi connectivity index (χ2v) is 15.3. The van der Waals surface area contributed by atoms with E-state index in [1.165, 1.54) is 4.90 Å². The summed E-state index contributed by atoms with van der Waals surface area (Å²) in [6.07, 6.45) is -11.6. The zero-order chi connectivity index (χ0) is 34.8. The highest BCUT2D eigenvalue weighted by molar-refractivity contribution is 7.92. The van der Waals surface area contributed by atoms with E-state index in [1.807, 2.05) is 0 Å². The molecule has 6 rings (SSSR count). The van der Waals surface area contributed by atoms with Gasteiger partial charge in [-0.1, -0.05) is 31.5 Å². The number of likely N-dealkylation sites (tertiary alicyclic amines) is 1. The number of amides is 1. The average Bonchev–Trinajstić information content (AvgIpc) is 3.47. The van der Waals surface area contributed by atoms with Crippen LogP contribution in [0.3, 0.4) is 0 Å². The Hall–Kier alpha value is -3.23. The van der Waals surface area contributed by atoms with E-state index < -0.39 is 73.2 Å². The number of carboxylic acid groups (broad SMARTS) is 1. The van der Waals surface area contributed by atoms with Gasteiger partial charge in [0.1, 0.15) is 10.6 Å². The molecule has 0 spiro atoms. The molecule has 4 fully saturated rings. The minimum Gasteiger partial charge on any atom is -0.481 e. The summed E-state index contributed by atoms with van der Waals surface area (Å²) in [5, 5.41) is 9.75. The zero-order valence-electron chi connectivity index (χ0n) is 25.3. The molecule has 3 saturated carbocycles. The smallest absolute Gasteiger partial charge is 0.435 e. The number of sulfone groups is 1. The molecule has 3 aliphatic carbocycles. The standard InChI is InChI=1S/C32H33F8NO5S/c1-2-3-20-18-21(30(34,31(35,36)37)32(38,39)40)4-9-24(20)29(47(45,46)23-7-5-22(33)6-8-23)16-17-41(19-29)25(42)27-10-13-28(14-11-27,15-12-27)26(43)44/h4-9,18H,2-3,10-17,19H2,1H3,(H,43,44)/t27?,28?,29-/m0/s1. The van der Waals surface area contributed by atoms with E-state index in [2.05, 4.69) is 0 Å². The fraction of sp³-hybridized carbons (Fsp3) is 0.562. The van der Waals surface area contributed by atoms with E-state index >= 15 is 4.39 Å². The van der Waals surface area contributed by atoms with Crippen LogP contribution in [0, 0.1) is 16.6 Å². The third kappa shape index (κ3) is 5.30. The molecule has 15 heteroatoms. The number of halogens is 8. The molecule has 6 nitrogen and oxygen atoms in total. The Morgan fingerprint density at radius 2 is 1.36 bits per heavy atom. The molecule has 1 saturated heterocycles. The number of carboxylic acids is 1. The van der Waals surface area contributed by atoms with Crippen molar-refractivity contribution in [2.24, 2.45) is 10.8 Å². The van der Waals surface area contributed by atoms with Gasteiger partial charge in [-0.25, -0.2) is 17.2 Å². The van der Waals surface area contributed by atoms with Crippen molar-refractivity contribution in [3.8, 4) is 0 Å². The van der Waals surface area contributed by atoms with E-state index in [9.17, 15) is 53.8 Å². The van der Waals surface area contributed by atoms with Gasteiger partial charge in [0.05, 0.1) is 10.3 Å². The number of benzene rings is 2. The molecule has 2 aromatic carbocycles. The molecule has 0 unspecified atom stereocenters. The Morgan fingerprint density at radius 1 is 0.830 bits per heavy atom. The van der Waals surface area contributed by atoms with Gasteiger partial charge in [-0.05, 0) is 86.8 Å². The second kappa shape index (κ2) is 11.4. The van der Waals surface area contributed by atoms with Crippen LogP contribution in [-0.2, 0) is 36.3 Å². The Morgan fingerprint density at radius 3 is 1.85 bits per heavy atom. The lowest BCUT2D eigenvalue weighted by Crippen LogP contribution is -2.53. The van der Waals surface area contributed by atoms with E-state index in [0.29, 0.717) is 6.07 Å². The van der Waals surface area contributed by atoms with Crippen LogP contribution in [0.2, 0.25) is 0 Å². The summed E-state index contributed by atoms with van der Waals surface area (Å²) < 4.78 is 138. The molecular weight excluding hydrogens is 662 g/mol. The van der Waals surface area contributed by atoms with Crippen molar-refractivity contribution in [1.82, 2.24) is 4.90 Å². The highest BCUT2D eigenvalue weighted by atomic mass is 32.2. The lowest BCUT2D eigenvalue weighted by atomic mass is 9.53. The molecule has 4 aliphatic rings. The monoisotopic (exact) mass is 695 g/mol. The molecule has 1 aliphatic heterocycles. The number of aliphatic carboxylic acids is 1. The summed E-state index contributed by atoms with van der Waals surface area (Å²) in [5.74, 6) is -2.11. The molecule has 2 aromatic rings. The van der Waals surface area contributed by atoms with Crippen molar-refractivity contribution in [2.75, 3.05) is 13.1 Å². The van der Waals surface area contributed by atoms with Gasteiger partial charge in [0.2, 0.25) is 5.91 Å². The first kappa shape index (κ1) is 35.1. The summed E-state index contributed by atoms with van der Waals surface area (Å²) in [4.78, 5) is 27.0. The van der Waals surface area contributed by atoms with Crippen molar-refractivity contribution in [2.45, 2.75) is 92.4 Å². The SMILES string of the molecule is CCCc1cc(C(F)(C(F)(F)F)C(F)(F)F)ccc1[C@]1(S(=O)(=O)c2ccc(F)cc2)CCN(C(=O)C23CCC(C(=O)O)(CC2)CC3)C1. The van der Waals surface area contributed by atoms with E-state index in [0.717, 1.165) is 30.3 Å². The molecule has 1 atom stereocenters. The lowest BCUT2D eigenvalue weighted by Gasteiger charge is -2.51. The maximum atomic E-state index is 15.1. The van der Waals surface area contributed by atoms with E-state index in [4.69, 9.17) is 0 Å². The van der Waals surface area contributed by atoms with Crippen LogP contribution in [0.15, 0.2) is 47.4 Å². The number of carbonyl (C=O) groups is 2. The van der Waals surface area contributed by atoms with Crippen molar-refractivity contribution in [1.29, 1.82) is 0 Å². The molecular formula is C32H33F8NO5S. The quantitative estimate of drug-likeness (QED) is 0.230. The van der Waals surface area contributed by atoms with Crippen molar-refractivity contribution in [3.05, 3.63) is 65.0 Å². The van der Waals surface area contributed by atoms with Gasteiger partial charge in [0.15, 0.2) is 9.84 Å². The van der Waals surface area contributed by atoms with Gasteiger partial charge in [-0.2, -0.15) is 26.3 Å². The number of fused-ring (bicyclic) bond motifs is 3. The van der Waals surface area contributed by atoms with E-state index in [-0.39, 0.29) is 86.4 Å². The molecule has 0 aromatic heterocycles. The van der Waals surface area contributed by atoms with Crippen LogP contribution in [0.1, 0.15) is 75.0 Å². The van der Waals surface area contributed by atoms with Crippen LogP contribution >= 0.6 is 0 Å². The van der Waals surface area contributed by atoms with E-state index in [1.54, 1.807) is 6.92 Å². The van der Waals surface area contributed by atoms with Crippen LogP contribution in [0.5, 0.6) is 0 Å². The minimum atomic E-state index is -6.39. The molecule has 2 bridgehead atoms. The van der Waals surface area contributed by atoms with Gasteiger partial charge < -0.3 is 10.0 Å². The number of aryl methyl sites for hydroxylation is 1. The zero-order valence-corrected chi connectivity index (χ0v) is 26.1. The first-order chi connectivity index (χ1) is 21.7. The molecule has 258 valence electrons. The molecule has 1 heterocycles. The topological polar surface area (TPSA) is 91.8 Å². The Balaban J connectivity index is 1.64. The largest absolute Gasteiger partial charge is 0.481 e. The summed E-state index contributed by atoms with van der Waals surface area (Å²) >= 11 is 0. The van der Waals surface area contributed by atoms with Gasteiger partial charge in [0.25, 0.3) is 0 Å². The van der Waals surface area contributed by atoms with Crippen LogP contribution in [0.4, 0.5) is 35.1 Å². The number of rotatable bonds is 8. The third-order valence-electron chi connectivity index (χ3n) is 10.6. The summed E-state index contributed by atoms with van der Waals surface area (Å²) in [5.41, 5.74) is -9.82. The fourth-order valence-corrected chi connectivity index (χ4v) is 9.88. The Labute approximate surface area is 266 Å². The van der Waals surface area contributed by atoms with Gasteiger partial charge in [0, 0.05) is 24.1 Å². The third-order valence-corrected chi connectivity index (χ3v) is 13.1. The molecule has 1 N–H and O–H groups in total. The van der Waals surface area contributed by atoms with Gasteiger partial charge in [-0.15, -0.1) is 0 Å². The summed E-state index contributed by atoms with van der Waals surface area (Å²) in [6, 6.07) is 5.19. The number of carbonyl (C=O) groups excluding carboxylic acids is 1. The summed E-state index contributed by atoms with van der Waals surface area (Å²) in [6.45, 7) is 0.893. The van der Waals surface area contributed by atoms with Gasteiger partial charge in [-0.3, -0.25) is 9.59 Å². The van der Waals surface area contributed by atoms with Crippen LogP contribution in [-0.4, -0.2) is 55.7 Å². The predicted octanol–water partition coefficient (Wildman–Crippen LogP) is 7.39. The Kier molecular flexibility index (Phi) is 8.54. The molecule has 0 radical (unpaired) electrons.